The number of aromatic nitrogens is 2. The van der Waals surface area contributed by atoms with Crippen LogP contribution in [0.4, 0.5) is 5.95 Å². The summed E-state index contributed by atoms with van der Waals surface area (Å²) in [7, 11) is 0. The number of likely N-dealkylation sites (N-methyl/N-ethyl adjacent to an activating group) is 1. The average Bonchev–Trinajstić information content (AvgIpc) is 2.57. The van der Waals surface area contributed by atoms with E-state index >= 15 is 0 Å². The highest BCUT2D eigenvalue weighted by Gasteiger charge is 2.25. The standard InChI is InChI=1S/C10H18N4/c1-3-13-7-9(8-13)12-10-11-5-6-14(10)4-2/h5-6,9H,3-4,7-8H2,1-2H3,(H,11,12). The molecule has 0 aromatic carbocycles. The smallest absolute Gasteiger partial charge is 0.203 e. The summed E-state index contributed by atoms with van der Waals surface area (Å²) in [5.74, 6) is 1.01. The minimum absolute atomic E-state index is 0.586. The maximum Gasteiger partial charge on any atom is 0.203 e. The summed E-state index contributed by atoms with van der Waals surface area (Å²) < 4.78 is 2.13. The first-order valence-electron chi connectivity index (χ1n) is 5.33. The van der Waals surface area contributed by atoms with E-state index in [9.17, 15) is 0 Å². The van der Waals surface area contributed by atoms with Crippen LogP contribution < -0.4 is 5.32 Å². The van der Waals surface area contributed by atoms with Crippen molar-refractivity contribution in [3.63, 3.8) is 0 Å². The molecule has 1 aromatic rings. The highest BCUT2D eigenvalue weighted by atomic mass is 15.3. The molecular weight excluding hydrogens is 176 g/mol. The summed E-state index contributed by atoms with van der Waals surface area (Å²) in [5, 5.41) is 3.45. The van der Waals surface area contributed by atoms with Crippen LogP contribution in [0.25, 0.3) is 0 Å². The highest BCUT2D eigenvalue weighted by molar-refractivity contribution is 5.29. The Hall–Kier alpha value is -1.03. The van der Waals surface area contributed by atoms with Gasteiger partial charge in [-0.2, -0.15) is 0 Å². The molecule has 1 fully saturated rings. The predicted octanol–water partition coefficient (Wildman–Crippen LogP) is 1.02. The van der Waals surface area contributed by atoms with Crippen molar-refractivity contribution >= 4 is 5.95 Å². The van der Waals surface area contributed by atoms with Crippen molar-refractivity contribution in [1.29, 1.82) is 0 Å². The van der Waals surface area contributed by atoms with Crippen molar-refractivity contribution in [2.45, 2.75) is 26.4 Å². The minimum atomic E-state index is 0.586. The fourth-order valence-electron chi connectivity index (χ4n) is 1.81. The van der Waals surface area contributed by atoms with Gasteiger partial charge >= 0.3 is 0 Å². The maximum absolute atomic E-state index is 4.29. The molecule has 14 heavy (non-hydrogen) atoms. The fourth-order valence-corrected chi connectivity index (χ4v) is 1.81. The molecule has 0 aliphatic carbocycles. The van der Waals surface area contributed by atoms with Gasteiger partial charge in [0.1, 0.15) is 0 Å². The summed E-state index contributed by atoms with van der Waals surface area (Å²) in [5.41, 5.74) is 0. The molecule has 0 saturated carbocycles. The lowest BCUT2D eigenvalue weighted by molar-refractivity contribution is 0.170. The van der Waals surface area contributed by atoms with E-state index < -0.39 is 0 Å². The lowest BCUT2D eigenvalue weighted by atomic mass is 10.1. The molecule has 78 valence electrons. The number of anilines is 1. The zero-order chi connectivity index (χ0) is 9.97. The van der Waals surface area contributed by atoms with E-state index in [-0.39, 0.29) is 0 Å². The van der Waals surface area contributed by atoms with Gasteiger partial charge in [-0.1, -0.05) is 6.92 Å². The van der Waals surface area contributed by atoms with Gasteiger partial charge in [0.05, 0.1) is 6.04 Å². The van der Waals surface area contributed by atoms with Crippen molar-refractivity contribution in [2.24, 2.45) is 0 Å². The summed E-state index contributed by atoms with van der Waals surface area (Å²) in [6.07, 6.45) is 3.86. The van der Waals surface area contributed by atoms with Gasteiger partial charge in [-0.3, -0.25) is 4.90 Å². The molecule has 1 aliphatic rings. The third-order valence-corrected chi connectivity index (χ3v) is 2.79. The molecule has 1 aromatic heterocycles. The number of hydrogen-bond donors (Lipinski definition) is 1. The van der Waals surface area contributed by atoms with E-state index in [0.717, 1.165) is 32.1 Å². The number of rotatable bonds is 4. The molecular formula is C10H18N4. The van der Waals surface area contributed by atoms with Crippen LogP contribution in [0.5, 0.6) is 0 Å². The number of imidazole rings is 1. The van der Waals surface area contributed by atoms with E-state index in [1.54, 1.807) is 0 Å². The van der Waals surface area contributed by atoms with Crippen LogP contribution in [0.1, 0.15) is 13.8 Å². The second kappa shape index (κ2) is 4.00. The second-order valence-electron chi connectivity index (χ2n) is 3.73. The van der Waals surface area contributed by atoms with Gasteiger partial charge in [-0.05, 0) is 13.5 Å². The highest BCUT2D eigenvalue weighted by Crippen LogP contribution is 2.13. The van der Waals surface area contributed by atoms with Crippen molar-refractivity contribution < 1.29 is 0 Å². The Morgan fingerprint density at radius 3 is 2.86 bits per heavy atom. The van der Waals surface area contributed by atoms with Crippen LogP contribution in [0.15, 0.2) is 12.4 Å². The molecule has 1 saturated heterocycles. The quantitative estimate of drug-likeness (QED) is 0.777. The summed E-state index contributed by atoms with van der Waals surface area (Å²) >= 11 is 0. The molecule has 0 bridgehead atoms. The van der Waals surface area contributed by atoms with E-state index in [4.69, 9.17) is 0 Å². The van der Waals surface area contributed by atoms with Gasteiger partial charge in [-0.25, -0.2) is 4.98 Å². The number of nitrogens with one attached hydrogen (secondary N) is 1. The number of hydrogen-bond acceptors (Lipinski definition) is 3. The Kier molecular flexibility index (Phi) is 2.72. The average molecular weight is 194 g/mol. The number of likely N-dealkylation sites (tertiary alicyclic amines) is 1. The molecule has 0 radical (unpaired) electrons. The zero-order valence-corrected chi connectivity index (χ0v) is 8.90. The third kappa shape index (κ3) is 1.75. The van der Waals surface area contributed by atoms with Crippen LogP contribution in [0.2, 0.25) is 0 Å². The lowest BCUT2D eigenvalue weighted by Gasteiger charge is -2.39. The van der Waals surface area contributed by atoms with Crippen LogP contribution >= 0.6 is 0 Å². The summed E-state index contributed by atoms with van der Waals surface area (Å²) in [6.45, 7) is 8.75. The largest absolute Gasteiger partial charge is 0.350 e. The van der Waals surface area contributed by atoms with Gasteiger partial charge in [0.15, 0.2) is 0 Å². The van der Waals surface area contributed by atoms with Crippen LogP contribution in [0.3, 0.4) is 0 Å². The number of aryl methyl sites for hydroxylation is 1. The molecule has 1 N–H and O–H groups in total. The van der Waals surface area contributed by atoms with Crippen molar-refractivity contribution in [3.8, 4) is 0 Å². The molecule has 4 heteroatoms. The Labute approximate surface area is 84.9 Å². The van der Waals surface area contributed by atoms with Gasteiger partial charge in [0.25, 0.3) is 0 Å². The van der Waals surface area contributed by atoms with E-state index in [1.807, 2.05) is 12.4 Å². The van der Waals surface area contributed by atoms with E-state index in [1.165, 1.54) is 0 Å². The maximum atomic E-state index is 4.29. The molecule has 0 unspecified atom stereocenters. The number of nitrogens with zero attached hydrogens (tertiary/aromatic N) is 3. The second-order valence-corrected chi connectivity index (χ2v) is 3.73. The van der Waals surface area contributed by atoms with Gasteiger partial charge in [-0.15, -0.1) is 0 Å². The van der Waals surface area contributed by atoms with Crippen molar-refractivity contribution in [1.82, 2.24) is 14.5 Å². The monoisotopic (exact) mass is 194 g/mol. The summed E-state index contributed by atoms with van der Waals surface area (Å²) in [4.78, 5) is 6.71. The Bertz CT molecular complexity index is 288. The molecule has 0 amide bonds. The predicted molar refractivity (Wildman–Crippen MR) is 57.4 cm³/mol. The first kappa shape index (κ1) is 9.52. The van der Waals surface area contributed by atoms with Crippen molar-refractivity contribution in [2.75, 3.05) is 25.0 Å². The molecule has 1 aliphatic heterocycles. The first-order valence-corrected chi connectivity index (χ1v) is 5.33. The zero-order valence-electron chi connectivity index (χ0n) is 8.90. The Balaban J connectivity index is 1.86. The Morgan fingerprint density at radius 1 is 1.43 bits per heavy atom. The SMILES string of the molecule is CCN1CC(Nc2nccn2CC)C1. The minimum Gasteiger partial charge on any atom is -0.350 e. The van der Waals surface area contributed by atoms with Crippen LogP contribution in [0, 0.1) is 0 Å². The summed E-state index contributed by atoms with van der Waals surface area (Å²) in [6, 6.07) is 0.586. The van der Waals surface area contributed by atoms with Gasteiger partial charge < -0.3 is 9.88 Å². The third-order valence-electron chi connectivity index (χ3n) is 2.79. The van der Waals surface area contributed by atoms with Crippen LogP contribution in [-0.2, 0) is 6.54 Å². The molecule has 0 atom stereocenters. The van der Waals surface area contributed by atoms with Crippen LogP contribution in [-0.4, -0.2) is 40.1 Å². The fraction of sp³-hybridized carbons (Fsp3) is 0.700. The normalized spacial score (nSPS) is 18.1. The first-order chi connectivity index (χ1) is 6.83. The van der Waals surface area contributed by atoms with Gasteiger partial charge in [0, 0.05) is 32.0 Å². The molecule has 2 heterocycles. The topological polar surface area (TPSA) is 33.1 Å². The Morgan fingerprint density at radius 2 is 2.21 bits per heavy atom. The lowest BCUT2D eigenvalue weighted by Crippen LogP contribution is -2.54. The van der Waals surface area contributed by atoms with E-state index in [0.29, 0.717) is 6.04 Å². The molecule has 4 nitrogen and oxygen atoms in total. The molecule has 2 rings (SSSR count). The van der Waals surface area contributed by atoms with Crippen molar-refractivity contribution in [3.05, 3.63) is 12.4 Å². The molecule has 0 spiro atoms. The van der Waals surface area contributed by atoms with Gasteiger partial charge in [0.2, 0.25) is 5.95 Å². The van der Waals surface area contributed by atoms with E-state index in [2.05, 4.69) is 33.6 Å².